The largest absolute Gasteiger partial charge is 0.295 e. The van der Waals surface area contributed by atoms with Gasteiger partial charge in [0.15, 0.2) is 5.78 Å². The molecule has 0 heterocycles. The molecule has 0 aliphatic heterocycles. The van der Waals surface area contributed by atoms with Crippen molar-refractivity contribution >= 4 is 5.78 Å². The van der Waals surface area contributed by atoms with Crippen LogP contribution in [0, 0.1) is 11.8 Å². The van der Waals surface area contributed by atoms with Crippen LogP contribution in [0.1, 0.15) is 32.1 Å². The van der Waals surface area contributed by atoms with Gasteiger partial charge < -0.3 is 0 Å². The first kappa shape index (κ1) is 7.08. The molecule has 1 fully saturated rings. The molecule has 11 heavy (non-hydrogen) atoms. The zero-order valence-electron chi connectivity index (χ0n) is 6.75. The summed E-state index contributed by atoms with van der Waals surface area (Å²) in [4.78, 5) is 11.3. The van der Waals surface area contributed by atoms with E-state index in [1.807, 2.05) is 0 Å². The van der Waals surface area contributed by atoms with Gasteiger partial charge in [-0.05, 0) is 24.8 Å². The summed E-state index contributed by atoms with van der Waals surface area (Å²) in [5.74, 6) is 1.36. The molecule has 0 unspecified atom stereocenters. The average Bonchev–Trinajstić information content (AvgIpc) is 2.25. The Labute approximate surface area is 67.5 Å². The van der Waals surface area contributed by atoms with E-state index >= 15 is 0 Å². The van der Waals surface area contributed by atoms with Gasteiger partial charge >= 0.3 is 0 Å². The van der Waals surface area contributed by atoms with Crippen LogP contribution in [0.25, 0.3) is 0 Å². The lowest BCUT2D eigenvalue weighted by atomic mass is 9.90. The van der Waals surface area contributed by atoms with Crippen molar-refractivity contribution in [3.8, 4) is 0 Å². The Balaban J connectivity index is 2.11. The highest BCUT2D eigenvalue weighted by molar-refractivity contribution is 5.94. The molecule has 0 N–H and O–H groups in total. The first-order valence-corrected chi connectivity index (χ1v) is 4.60. The number of carbonyl (C=O) groups excluding carboxylic acids is 1. The Bertz CT molecular complexity index is 193. The second-order valence-corrected chi connectivity index (χ2v) is 3.67. The van der Waals surface area contributed by atoms with E-state index < -0.39 is 0 Å². The number of ketones is 1. The molecule has 0 aromatic carbocycles. The van der Waals surface area contributed by atoms with Gasteiger partial charge in [-0.15, -0.1) is 0 Å². The monoisotopic (exact) mass is 150 g/mol. The summed E-state index contributed by atoms with van der Waals surface area (Å²) in [5, 5.41) is 0. The lowest BCUT2D eigenvalue weighted by Crippen LogP contribution is -2.13. The molecule has 2 aliphatic carbocycles. The lowest BCUT2D eigenvalue weighted by Gasteiger charge is -2.12. The topological polar surface area (TPSA) is 17.1 Å². The molecule has 0 bridgehead atoms. The van der Waals surface area contributed by atoms with Crippen molar-refractivity contribution < 1.29 is 4.79 Å². The van der Waals surface area contributed by atoms with Crippen LogP contribution in [0.4, 0.5) is 0 Å². The summed E-state index contributed by atoms with van der Waals surface area (Å²) in [6.45, 7) is 0. The maximum Gasteiger partial charge on any atom is 0.159 e. The zero-order valence-corrected chi connectivity index (χ0v) is 6.75. The predicted octanol–water partition coefficient (Wildman–Crippen LogP) is 2.32. The fourth-order valence-electron chi connectivity index (χ4n) is 2.26. The first-order chi connectivity index (χ1) is 5.38. The minimum Gasteiger partial charge on any atom is -0.295 e. The molecule has 1 heteroatoms. The van der Waals surface area contributed by atoms with Gasteiger partial charge in [0.05, 0.1) is 0 Å². The van der Waals surface area contributed by atoms with E-state index in [4.69, 9.17) is 0 Å². The SMILES string of the molecule is O=C1C=C[C@@H]2CCCCC[C@H]12. The Kier molecular flexibility index (Phi) is 1.80. The summed E-state index contributed by atoms with van der Waals surface area (Å²) in [6.07, 6.45) is 10.2. The Morgan fingerprint density at radius 2 is 2.00 bits per heavy atom. The van der Waals surface area contributed by atoms with Crippen LogP contribution in [0.5, 0.6) is 0 Å². The summed E-state index contributed by atoms with van der Waals surface area (Å²) >= 11 is 0. The third kappa shape index (κ3) is 1.24. The van der Waals surface area contributed by atoms with E-state index in [2.05, 4.69) is 6.08 Å². The summed E-state index contributed by atoms with van der Waals surface area (Å²) < 4.78 is 0. The van der Waals surface area contributed by atoms with Crippen LogP contribution in [0.2, 0.25) is 0 Å². The third-order valence-electron chi connectivity index (χ3n) is 2.94. The second-order valence-electron chi connectivity index (χ2n) is 3.67. The van der Waals surface area contributed by atoms with Gasteiger partial charge in [-0.2, -0.15) is 0 Å². The van der Waals surface area contributed by atoms with Crippen LogP contribution >= 0.6 is 0 Å². The van der Waals surface area contributed by atoms with E-state index in [0.717, 1.165) is 6.42 Å². The van der Waals surface area contributed by atoms with Crippen LogP contribution in [0.15, 0.2) is 12.2 Å². The number of hydrogen-bond donors (Lipinski definition) is 0. The van der Waals surface area contributed by atoms with Crippen LogP contribution in [-0.2, 0) is 4.79 Å². The zero-order chi connectivity index (χ0) is 7.68. The summed E-state index contributed by atoms with van der Waals surface area (Å²) in [6, 6.07) is 0. The molecule has 60 valence electrons. The minimum absolute atomic E-state index is 0.373. The maximum atomic E-state index is 11.3. The molecule has 2 rings (SSSR count). The highest BCUT2D eigenvalue weighted by Crippen LogP contribution is 2.34. The number of carbonyl (C=O) groups is 1. The molecule has 0 saturated heterocycles. The number of fused-ring (bicyclic) bond motifs is 1. The summed E-state index contributed by atoms with van der Waals surface area (Å²) in [5.41, 5.74) is 0. The smallest absolute Gasteiger partial charge is 0.159 e. The van der Waals surface area contributed by atoms with Crippen molar-refractivity contribution in [3.05, 3.63) is 12.2 Å². The molecular weight excluding hydrogens is 136 g/mol. The Hall–Kier alpha value is -0.590. The third-order valence-corrected chi connectivity index (χ3v) is 2.94. The maximum absolute atomic E-state index is 11.3. The van der Waals surface area contributed by atoms with Gasteiger partial charge in [-0.3, -0.25) is 4.79 Å². The highest BCUT2D eigenvalue weighted by Gasteiger charge is 2.30. The first-order valence-electron chi connectivity index (χ1n) is 4.60. The predicted molar refractivity (Wildman–Crippen MR) is 44.2 cm³/mol. The fraction of sp³-hybridized carbons (Fsp3) is 0.700. The van der Waals surface area contributed by atoms with Gasteiger partial charge in [-0.1, -0.05) is 25.3 Å². The molecule has 0 aromatic heterocycles. The Morgan fingerprint density at radius 1 is 1.18 bits per heavy atom. The van der Waals surface area contributed by atoms with Gasteiger partial charge in [0.25, 0.3) is 0 Å². The fourth-order valence-corrected chi connectivity index (χ4v) is 2.26. The quantitative estimate of drug-likeness (QED) is 0.518. The highest BCUT2D eigenvalue weighted by atomic mass is 16.1. The summed E-state index contributed by atoms with van der Waals surface area (Å²) in [7, 11) is 0. The van der Waals surface area contributed by atoms with Gasteiger partial charge in [0.1, 0.15) is 0 Å². The molecule has 0 spiro atoms. The van der Waals surface area contributed by atoms with Crippen molar-refractivity contribution in [2.24, 2.45) is 11.8 Å². The van der Waals surface area contributed by atoms with Crippen LogP contribution < -0.4 is 0 Å². The molecule has 1 saturated carbocycles. The normalized spacial score (nSPS) is 36.9. The number of hydrogen-bond acceptors (Lipinski definition) is 1. The van der Waals surface area contributed by atoms with E-state index in [0.29, 0.717) is 17.6 Å². The van der Waals surface area contributed by atoms with Gasteiger partial charge in [0.2, 0.25) is 0 Å². The lowest BCUT2D eigenvalue weighted by molar-refractivity contribution is -0.118. The molecule has 2 atom stereocenters. The standard InChI is InChI=1S/C10H14O/c11-10-7-6-8-4-2-1-3-5-9(8)10/h6-9H,1-5H2/t8-,9-/m0/s1. The van der Waals surface area contributed by atoms with E-state index in [1.165, 1.54) is 25.7 Å². The minimum atomic E-state index is 0.373. The van der Waals surface area contributed by atoms with Crippen molar-refractivity contribution in [2.45, 2.75) is 32.1 Å². The van der Waals surface area contributed by atoms with E-state index in [-0.39, 0.29) is 0 Å². The molecular formula is C10H14O. The average molecular weight is 150 g/mol. The molecule has 0 amide bonds. The van der Waals surface area contributed by atoms with Crippen LogP contribution in [0.3, 0.4) is 0 Å². The molecule has 0 radical (unpaired) electrons. The second kappa shape index (κ2) is 2.80. The Morgan fingerprint density at radius 3 is 2.91 bits per heavy atom. The van der Waals surface area contributed by atoms with E-state index in [1.54, 1.807) is 6.08 Å². The van der Waals surface area contributed by atoms with Crippen molar-refractivity contribution in [1.82, 2.24) is 0 Å². The van der Waals surface area contributed by atoms with Crippen molar-refractivity contribution in [3.63, 3.8) is 0 Å². The van der Waals surface area contributed by atoms with E-state index in [9.17, 15) is 4.79 Å². The molecule has 2 aliphatic rings. The van der Waals surface area contributed by atoms with Crippen molar-refractivity contribution in [1.29, 1.82) is 0 Å². The van der Waals surface area contributed by atoms with Crippen molar-refractivity contribution in [2.75, 3.05) is 0 Å². The van der Waals surface area contributed by atoms with Gasteiger partial charge in [-0.25, -0.2) is 0 Å². The number of allylic oxidation sites excluding steroid dienone is 2. The molecule has 0 aromatic rings. The van der Waals surface area contributed by atoms with Crippen LogP contribution in [-0.4, -0.2) is 5.78 Å². The number of rotatable bonds is 0. The van der Waals surface area contributed by atoms with Gasteiger partial charge in [0, 0.05) is 5.92 Å². The molecule has 1 nitrogen and oxygen atoms in total.